The molecule has 0 bridgehead atoms. The van der Waals surface area contributed by atoms with E-state index in [2.05, 4.69) is 5.32 Å². The van der Waals surface area contributed by atoms with E-state index in [4.69, 9.17) is 15.6 Å². The molecule has 1 saturated heterocycles. The first-order valence-electron chi connectivity index (χ1n) is 6.33. The standard InChI is InChI=1S/C11H24N2O5/c12-3-5-13-4-1-2-7-9(15)11(17)10(16)8(6-14)18-7/h7-11,13-17H,1-6,12H2/t7-,8+,9-,10-,11+/m0/s1. The molecule has 1 aliphatic heterocycles. The maximum Gasteiger partial charge on any atom is 0.111 e. The Kier molecular flexibility index (Phi) is 7.02. The predicted molar refractivity (Wildman–Crippen MR) is 64.9 cm³/mol. The molecule has 0 aromatic rings. The molecule has 0 aromatic carbocycles. The van der Waals surface area contributed by atoms with Crippen LogP contribution in [-0.2, 0) is 4.74 Å². The largest absolute Gasteiger partial charge is 0.394 e. The Bertz CT molecular complexity index is 229. The molecule has 108 valence electrons. The average molecular weight is 264 g/mol. The summed E-state index contributed by atoms with van der Waals surface area (Å²) < 4.78 is 5.37. The third kappa shape index (κ3) is 4.13. The van der Waals surface area contributed by atoms with Crippen LogP contribution < -0.4 is 11.1 Å². The molecule has 1 aliphatic rings. The maximum atomic E-state index is 9.77. The number of nitrogens with one attached hydrogen (secondary N) is 1. The highest BCUT2D eigenvalue weighted by Gasteiger charge is 2.42. The zero-order valence-corrected chi connectivity index (χ0v) is 10.4. The molecular weight excluding hydrogens is 240 g/mol. The van der Waals surface area contributed by atoms with Crippen LogP contribution in [0.2, 0.25) is 0 Å². The van der Waals surface area contributed by atoms with Gasteiger partial charge < -0.3 is 36.2 Å². The monoisotopic (exact) mass is 264 g/mol. The van der Waals surface area contributed by atoms with Crippen LogP contribution in [0.4, 0.5) is 0 Å². The second-order valence-corrected chi connectivity index (χ2v) is 4.55. The van der Waals surface area contributed by atoms with Crippen LogP contribution in [0.25, 0.3) is 0 Å². The average Bonchev–Trinajstić information content (AvgIpc) is 2.38. The number of aliphatic hydroxyl groups excluding tert-OH is 4. The maximum absolute atomic E-state index is 9.77. The Hall–Kier alpha value is -0.280. The van der Waals surface area contributed by atoms with Gasteiger partial charge in [-0.05, 0) is 19.4 Å². The second-order valence-electron chi connectivity index (χ2n) is 4.55. The van der Waals surface area contributed by atoms with Crippen LogP contribution in [-0.4, -0.2) is 77.2 Å². The van der Waals surface area contributed by atoms with Crippen LogP contribution >= 0.6 is 0 Å². The fourth-order valence-corrected chi connectivity index (χ4v) is 2.07. The van der Waals surface area contributed by atoms with Crippen molar-refractivity contribution in [1.82, 2.24) is 5.32 Å². The number of ether oxygens (including phenoxy) is 1. The summed E-state index contributed by atoms with van der Waals surface area (Å²) in [7, 11) is 0. The van der Waals surface area contributed by atoms with Crippen molar-refractivity contribution in [1.29, 1.82) is 0 Å². The van der Waals surface area contributed by atoms with E-state index in [1.165, 1.54) is 0 Å². The normalized spacial score (nSPS) is 36.8. The molecule has 7 nitrogen and oxygen atoms in total. The Morgan fingerprint density at radius 3 is 2.28 bits per heavy atom. The van der Waals surface area contributed by atoms with Crippen LogP contribution in [0.15, 0.2) is 0 Å². The van der Waals surface area contributed by atoms with Gasteiger partial charge in [-0.25, -0.2) is 0 Å². The SMILES string of the molecule is NCCNCCC[C@@H]1O[C@H](CO)[C@H](O)[C@H](O)[C@H]1O. The fourth-order valence-electron chi connectivity index (χ4n) is 2.07. The van der Waals surface area contributed by atoms with Crippen molar-refractivity contribution in [3.05, 3.63) is 0 Å². The van der Waals surface area contributed by atoms with Gasteiger partial charge in [0.15, 0.2) is 0 Å². The van der Waals surface area contributed by atoms with E-state index in [0.29, 0.717) is 13.0 Å². The summed E-state index contributed by atoms with van der Waals surface area (Å²) in [5, 5.41) is 41.1. The first-order valence-corrected chi connectivity index (χ1v) is 6.33. The predicted octanol–water partition coefficient (Wildman–Crippen LogP) is -2.84. The number of aliphatic hydroxyl groups is 4. The lowest BCUT2D eigenvalue weighted by atomic mass is 9.93. The van der Waals surface area contributed by atoms with Crippen molar-refractivity contribution in [2.24, 2.45) is 5.73 Å². The summed E-state index contributed by atoms with van der Waals surface area (Å²) in [6, 6.07) is 0. The Morgan fingerprint density at radius 1 is 1.00 bits per heavy atom. The van der Waals surface area contributed by atoms with Crippen molar-refractivity contribution >= 4 is 0 Å². The van der Waals surface area contributed by atoms with Crippen LogP contribution in [0.1, 0.15) is 12.8 Å². The molecule has 0 unspecified atom stereocenters. The minimum absolute atomic E-state index is 0.382. The summed E-state index contributed by atoms with van der Waals surface area (Å²) in [6.07, 6.45) is -3.78. The fraction of sp³-hybridized carbons (Fsp3) is 1.00. The van der Waals surface area contributed by atoms with Crippen LogP contribution in [0.3, 0.4) is 0 Å². The van der Waals surface area contributed by atoms with E-state index in [1.807, 2.05) is 0 Å². The van der Waals surface area contributed by atoms with E-state index < -0.39 is 30.5 Å². The lowest BCUT2D eigenvalue weighted by Gasteiger charge is -2.40. The Morgan fingerprint density at radius 2 is 1.67 bits per heavy atom. The van der Waals surface area contributed by atoms with E-state index in [0.717, 1.165) is 19.5 Å². The van der Waals surface area contributed by atoms with Gasteiger partial charge in [-0.2, -0.15) is 0 Å². The summed E-state index contributed by atoms with van der Waals surface area (Å²) >= 11 is 0. The molecule has 7 N–H and O–H groups in total. The van der Waals surface area contributed by atoms with E-state index in [-0.39, 0.29) is 6.61 Å². The molecule has 0 aromatic heterocycles. The quantitative estimate of drug-likeness (QED) is 0.273. The summed E-state index contributed by atoms with van der Waals surface area (Å²) in [5.41, 5.74) is 5.33. The molecule has 7 heteroatoms. The zero-order chi connectivity index (χ0) is 13.5. The molecule has 0 spiro atoms. The highest BCUT2D eigenvalue weighted by Crippen LogP contribution is 2.23. The number of rotatable bonds is 7. The van der Waals surface area contributed by atoms with Gasteiger partial charge in [0.1, 0.15) is 24.4 Å². The topological polar surface area (TPSA) is 128 Å². The lowest BCUT2D eigenvalue weighted by molar-refractivity contribution is -0.230. The summed E-state index contributed by atoms with van der Waals surface area (Å²) in [4.78, 5) is 0. The molecule has 0 amide bonds. The van der Waals surface area contributed by atoms with Gasteiger partial charge in [-0.15, -0.1) is 0 Å². The Balaban J connectivity index is 2.35. The summed E-state index contributed by atoms with van der Waals surface area (Å²) in [5.74, 6) is 0. The molecule has 0 saturated carbocycles. The molecule has 5 atom stereocenters. The molecule has 1 heterocycles. The summed E-state index contributed by atoms with van der Waals surface area (Å²) in [6.45, 7) is 1.66. The van der Waals surface area contributed by atoms with E-state index in [9.17, 15) is 15.3 Å². The van der Waals surface area contributed by atoms with Crippen molar-refractivity contribution in [3.8, 4) is 0 Å². The number of hydrogen-bond acceptors (Lipinski definition) is 7. The van der Waals surface area contributed by atoms with Crippen LogP contribution in [0, 0.1) is 0 Å². The third-order valence-electron chi connectivity index (χ3n) is 3.15. The first-order chi connectivity index (χ1) is 8.61. The molecular formula is C11H24N2O5. The van der Waals surface area contributed by atoms with Gasteiger partial charge in [0.2, 0.25) is 0 Å². The van der Waals surface area contributed by atoms with Gasteiger partial charge in [-0.3, -0.25) is 0 Å². The van der Waals surface area contributed by atoms with Gasteiger partial charge in [0.25, 0.3) is 0 Å². The second kappa shape index (κ2) is 8.00. The van der Waals surface area contributed by atoms with Gasteiger partial charge in [-0.1, -0.05) is 0 Å². The van der Waals surface area contributed by atoms with Gasteiger partial charge >= 0.3 is 0 Å². The number of hydrogen-bond donors (Lipinski definition) is 6. The highest BCUT2D eigenvalue weighted by atomic mass is 16.5. The minimum atomic E-state index is -1.28. The minimum Gasteiger partial charge on any atom is -0.394 e. The number of nitrogens with two attached hydrogens (primary N) is 1. The molecule has 1 rings (SSSR count). The molecule has 0 aliphatic carbocycles. The van der Waals surface area contributed by atoms with Crippen LogP contribution in [0.5, 0.6) is 0 Å². The van der Waals surface area contributed by atoms with Crippen molar-refractivity contribution < 1.29 is 25.2 Å². The van der Waals surface area contributed by atoms with Gasteiger partial charge in [0, 0.05) is 13.1 Å². The molecule has 1 fully saturated rings. The van der Waals surface area contributed by atoms with E-state index >= 15 is 0 Å². The van der Waals surface area contributed by atoms with Crippen molar-refractivity contribution in [2.45, 2.75) is 43.4 Å². The third-order valence-corrected chi connectivity index (χ3v) is 3.15. The first kappa shape index (κ1) is 15.8. The Labute approximate surface area is 107 Å². The molecule has 18 heavy (non-hydrogen) atoms. The highest BCUT2D eigenvalue weighted by molar-refractivity contribution is 4.91. The van der Waals surface area contributed by atoms with Crippen molar-refractivity contribution in [3.63, 3.8) is 0 Å². The smallest absolute Gasteiger partial charge is 0.111 e. The zero-order valence-electron chi connectivity index (χ0n) is 10.4. The lowest BCUT2D eigenvalue weighted by Crippen LogP contribution is -2.58. The van der Waals surface area contributed by atoms with E-state index in [1.54, 1.807) is 0 Å². The van der Waals surface area contributed by atoms with Crippen molar-refractivity contribution in [2.75, 3.05) is 26.2 Å². The van der Waals surface area contributed by atoms with Gasteiger partial charge in [0.05, 0.1) is 12.7 Å². The molecule has 0 radical (unpaired) electrons.